The first-order valence-corrected chi connectivity index (χ1v) is 4.83. The summed E-state index contributed by atoms with van der Waals surface area (Å²) in [4.78, 5) is 27.0. The first kappa shape index (κ1) is 12.2. The zero-order valence-corrected chi connectivity index (χ0v) is 9.05. The molecule has 0 heterocycles. The first-order chi connectivity index (χ1) is 7.59. The normalized spacial score (nSPS) is 9.81. The van der Waals surface area contributed by atoms with Crippen molar-refractivity contribution in [2.24, 2.45) is 5.73 Å². The zero-order valence-electron chi connectivity index (χ0n) is 9.05. The Kier molecular flexibility index (Phi) is 4.47. The number of nitrogens with zero attached hydrogens (tertiary/aromatic N) is 1. The van der Waals surface area contributed by atoms with Gasteiger partial charge in [0.1, 0.15) is 13.2 Å². The van der Waals surface area contributed by atoms with Gasteiger partial charge in [-0.2, -0.15) is 0 Å². The number of benzene rings is 1. The van der Waals surface area contributed by atoms with Crippen molar-refractivity contribution in [1.29, 1.82) is 0 Å². The van der Waals surface area contributed by atoms with E-state index in [1.165, 1.54) is 6.92 Å². The van der Waals surface area contributed by atoms with E-state index in [4.69, 9.17) is 10.6 Å². The van der Waals surface area contributed by atoms with Gasteiger partial charge in [0.05, 0.1) is 0 Å². The summed E-state index contributed by atoms with van der Waals surface area (Å²) in [5.74, 6) is -0.960. The van der Waals surface area contributed by atoms with E-state index in [2.05, 4.69) is 0 Å². The fourth-order valence-corrected chi connectivity index (χ4v) is 1.12. The molecule has 0 aliphatic heterocycles. The highest BCUT2D eigenvalue weighted by molar-refractivity contribution is 5.81. The first-order valence-electron chi connectivity index (χ1n) is 4.83. The molecule has 0 aromatic heterocycles. The summed E-state index contributed by atoms with van der Waals surface area (Å²) >= 11 is 0. The third-order valence-electron chi connectivity index (χ3n) is 1.88. The van der Waals surface area contributed by atoms with Gasteiger partial charge in [0.25, 0.3) is 0 Å². The number of carbonyl (C=O) groups is 2. The van der Waals surface area contributed by atoms with Crippen molar-refractivity contribution in [3.8, 4) is 0 Å². The van der Waals surface area contributed by atoms with Crippen LogP contribution in [0.1, 0.15) is 12.5 Å². The average Bonchev–Trinajstić information content (AvgIpc) is 2.25. The average molecular weight is 222 g/mol. The van der Waals surface area contributed by atoms with E-state index in [-0.39, 0.29) is 19.1 Å². The van der Waals surface area contributed by atoms with Gasteiger partial charge in [0, 0.05) is 6.92 Å². The molecule has 16 heavy (non-hydrogen) atoms. The van der Waals surface area contributed by atoms with Crippen molar-refractivity contribution >= 4 is 11.8 Å². The maximum absolute atomic E-state index is 11.1. The predicted octanol–water partition coefficient (Wildman–Crippen LogP) is 0.452. The van der Waals surface area contributed by atoms with Crippen LogP contribution in [-0.4, -0.2) is 23.4 Å². The van der Waals surface area contributed by atoms with E-state index in [1.807, 2.05) is 30.3 Å². The van der Waals surface area contributed by atoms with Gasteiger partial charge >= 0.3 is 0 Å². The van der Waals surface area contributed by atoms with Gasteiger partial charge in [0.15, 0.2) is 0 Å². The van der Waals surface area contributed by atoms with Crippen LogP contribution in [-0.2, 0) is 21.0 Å². The summed E-state index contributed by atoms with van der Waals surface area (Å²) in [5.41, 5.74) is 5.90. The van der Waals surface area contributed by atoms with Crippen LogP contribution in [0.4, 0.5) is 0 Å². The highest BCUT2D eigenvalue weighted by atomic mass is 16.7. The Bertz CT molecular complexity index is 365. The largest absolute Gasteiger partial charge is 0.368 e. The van der Waals surface area contributed by atoms with Gasteiger partial charge < -0.3 is 5.73 Å². The van der Waals surface area contributed by atoms with Crippen LogP contribution in [0.25, 0.3) is 0 Å². The highest BCUT2D eigenvalue weighted by Crippen LogP contribution is 2.03. The molecule has 2 N–H and O–H groups in total. The number of amides is 2. The molecule has 0 aliphatic carbocycles. The van der Waals surface area contributed by atoms with Crippen LogP contribution in [0, 0.1) is 0 Å². The van der Waals surface area contributed by atoms with Crippen molar-refractivity contribution in [3.05, 3.63) is 35.9 Å². The van der Waals surface area contributed by atoms with Gasteiger partial charge in [-0.05, 0) is 5.56 Å². The summed E-state index contributed by atoms with van der Waals surface area (Å²) in [5, 5.41) is 0.954. The van der Waals surface area contributed by atoms with Crippen LogP contribution < -0.4 is 5.73 Å². The Morgan fingerprint density at radius 1 is 1.31 bits per heavy atom. The molecule has 5 heteroatoms. The lowest BCUT2D eigenvalue weighted by molar-refractivity contribution is -0.190. The van der Waals surface area contributed by atoms with E-state index >= 15 is 0 Å². The molecule has 1 aromatic rings. The number of hydrogen-bond donors (Lipinski definition) is 1. The summed E-state index contributed by atoms with van der Waals surface area (Å²) in [6, 6.07) is 9.34. The van der Waals surface area contributed by atoms with Gasteiger partial charge in [-0.25, -0.2) is 5.06 Å². The van der Waals surface area contributed by atoms with Gasteiger partial charge in [-0.15, -0.1) is 0 Å². The minimum absolute atomic E-state index is 0.230. The number of hydroxylamine groups is 2. The summed E-state index contributed by atoms with van der Waals surface area (Å²) < 4.78 is 0. The van der Waals surface area contributed by atoms with Crippen LogP contribution in [0.3, 0.4) is 0 Å². The van der Waals surface area contributed by atoms with Crippen LogP contribution >= 0.6 is 0 Å². The molecule has 86 valence electrons. The van der Waals surface area contributed by atoms with Crippen LogP contribution in [0.15, 0.2) is 30.3 Å². The van der Waals surface area contributed by atoms with E-state index in [0.717, 1.165) is 10.6 Å². The Balaban J connectivity index is 2.50. The molecule has 2 amide bonds. The fourth-order valence-electron chi connectivity index (χ4n) is 1.12. The van der Waals surface area contributed by atoms with Crippen molar-refractivity contribution in [3.63, 3.8) is 0 Å². The standard InChI is InChI=1S/C11H14N2O3/c1-9(14)13(7-11(12)15)16-8-10-5-3-2-4-6-10/h2-6H,7-8H2,1H3,(H2,12,15). The summed E-state index contributed by atoms with van der Waals surface area (Å²) in [6.45, 7) is 1.31. The molecule has 0 bridgehead atoms. The van der Waals surface area contributed by atoms with Crippen LogP contribution in [0.5, 0.6) is 0 Å². The lowest BCUT2D eigenvalue weighted by Crippen LogP contribution is -2.36. The van der Waals surface area contributed by atoms with E-state index in [0.29, 0.717) is 0 Å². The molecular formula is C11H14N2O3. The SMILES string of the molecule is CC(=O)N(CC(N)=O)OCc1ccccc1. The second-order valence-corrected chi connectivity index (χ2v) is 3.28. The molecule has 1 aromatic carbocycles. The van der Waals surface area contributed by atoms with Gasteiger partial charge in [0.2, 0.25) is 11.8 Å². The Morgan fingerprint density at radius 2 is 1.94 bits per heavy atom. The number of nitrogens with two attached hydrogens (primary N) is 1. The predicted molar refractivity (Wildman–Crippen MR) is 57.8 cm³/mol. The topological polar surface area (TPSA) is 72.6 Å². The van der Waals surface area contributed by atoms with Crippen LogP contribution in [0.2, 0.25) is 0 Å². The van der Waals surface area contributed by atoms with E-state index in [1.54, 1.807) is 0 Å². The number of primary amides is 1. The molecule has 0 spiro atoms. The Morgan fingerprint density at radius 3 is 2.44 bits per heavy atom. The molecular weight excluding hydrogens is 208 g/mol. The number of rotatable bonds is 5. The molecule has 0 saturated carbocycles. The molecule has 0 atom stereocenters. The van der Waals surface area contributed by atoms with Gasteiger partial charge in [-0.1, -0.05) is 30.3 Å². The lowest BCUT2D eigenvalue weighted by Gasteiger charge is -2.18. The zero-order chi connectivity index (χ0) is 12.0. The van der Waals surface area contributed by atoms with E-state index < -0.39 is 5.91 Å². The smallest absolute Gasteiger partial charge is 0.243 e. The Hall–Kier alpha value is -1.88. The summed E-state index contributed by atoms with van der Waals surface area (Å²) in [6.07, 6.45) is 0. The molecule has 1 rings (SSSR count). The van der Waals surface area contributed by atoms with Gasteiger partial charge in [-0.3, -0.25) is 14.4 Å². The van der Waals surface area contributed by atoms with Crippen molar-refractivity contribution in [1.82, 2.24) is 5.06 Å². The molecule has 0 radical (unpaired) electrons. The molecule has 0 fully saturated rings. The maximum Gasteiger partial charge on any atom is 0.243 e. The molecule has 0 unspecified atom stereocenters. The monoisotopic (exact) mass is 222 g/mol. The number of carbonyl (C=O) groups excluding carboxylic acids is 2. The fraction of sp³-hybridized carbons (Fsp3) is 0.273. The second kappa shape index (κ2) is 5.87. The lowest BCUT2D eigenvalue weighted by atomic mass is 10.2. The Labute approximate surface area is 93.7 Å². The minimum Gasteiger partial charge on any atom is -0.368 e. The molecule has 5 nitrogen and oxygen atoms in total. The quantitative estimate of drug-likeness (QED) is 0.735. The molecule has 0 aliphatic rings. The highest BCUT2D eigenvalue weighted by Gasteiger charge is 2.12. The minimum atomic E-state index is -0.608. The van der Waals surface area contributed by atoms with Crippen molar-refractivity contribution in [2.45, 2.75) is 13.5 Å². The van der Waals surface area contributed by atoms with Crippen molar-refractivity contribution in [2.75, 3.05) is 6.54 Å². The third-order valence-corrected chi connectivity index (χ3v) is 1.88. The maximum atomic E-state index is 11.1. The number of hydrogen-bond acceptors (Lipinski definition) is 3. The van der Waals surface area contributed by atoms with E-state index in [9.17, 15) is 9.59 Å². The van der Waals surface area contributed by atoms with Crippen molar-refractivity contribution < 1.29 is 14.4 Å². The molecule has 0 saturated heterocycles. The second-order valence-electron chi connectivity index (χ2n) is 3.28. The summed E-state index contributed by atoms with van der Waals surface area (Å²) in [7, 11) is 0. The third kappa shape index (κ3) is 4.10.